The van der Waals surface area contributed by atoms with Crippen molar-refractivity contribution in [2.45, 2.75) is 51.5 Å². The Hall–Kier alpha value is -0.130. The van der Waals surface area contributed by atoms with Gasteiger partial charge < -0.3 is 5.73 Å². The molecule has 0 bridgehead atoms. The molecule has 2 unspecified atom stereocenters. The van der Waals surface area contributed by atoms with Gasteiger partial charge in [-0.05, 0) is 25.2 Å². The predicted octanol–water partition coefficient (Wildman–Crippen LogP) is 1.57. The average molecular weight is 262 g/mol. The molecule has 0 spiro atoms. The first-order valence-corrected chi connectivity index (χ1v) is 8.15. The van der Waals surface area contributed by atoms with Gasteiger partial charge in [-0.25, -0.2) is 8.42 Å². The molecule has 1 fully saturated rings. The van der Waals surface area contributed by atoms with E-state index in [1.165, 1.54) is 6.42 Å². The highest BCUT2D eigenvalue weighted by atomic mass is 32.2. The average Bonchev–Trinajstić information content (AvgIpc) is 2.27. The van der Waals surface area contributed by atoms with Gasteiger partial charge in [-0.3, -0.25) is 0 Å². The molecule has 102 valence electrons. The lowest BCUT2D eigenvalue weighted by atomic mass is 9.76. The van der Waals surface area contributed by atoms with E-state index in [9.17, 15) is 8.42 Å². The zero-order valence-electron chi connectivity index (χ0n) is 11.3. The highest BCUT2D eigenvalue weighted by Crippen LogP contribution is 2.36. The van der Waals surface area contributed by atoms with Crippen LogP contribution in [0.5, 0.6) is 0 Å². The second-order valence-electron chi connectivity index (χ2n) is 5.41. The van der Waals surface area contributed by atoms with Crippen LogP contribution < -0.4 is 5.73 Å². The van der Waals surface area contributed by atoms with Crippen LogP contribution in [0.25, 0.3) is 0 Å². The Morgan fingerprint density at radius 1 is 1.47 bits per heavy atom. The molecule has 1 aliphatic rings. The lowest BCUT2D eigenvalue weighted by molar-refractivity contribution is 0.128. The number of rotatable bonds is 5. The largest absolute Gasteiger partial charge is 0.329 e. The summed E-state index contributed by atoms with van der Waals surface area (Å²) in [4.78, 5) is 0. The van der Waals surface area contributed by atoms with Crippen LogP contribution in [0.2, 0.25) is 0 Å². The maximum absolute atomic E-state index is 12.2. The van der Waals surface area contributed by atoms with Crippen LogP contribution in [-0.2, 0) is 10.0 Å². The van der Waals surface area contributed by atoms with Crippen LogP contribution >= 0.6 is 0 Å². The first-order chi connectivity index (χ1) is 7.88. The summed E-state index contributed by atoms with van der Waals surface area (Å²) in [6, 6.07) is 0. The van der Waals surface area contributed by atoms with Gasteiger partial charge in [0, 0.05) is 19.1 Å². The Kier molecular flexibility index (Phi) is 4.98. The second-order valence-corrected chi connectivity index (χ2v) is 7.53. The van der Waals surface area contributed by atoms with Gasteiger partial charge in [-0.1, -0.05) is 26.7 Å². The lowest BCUT2D eigenvalue weighted by Gasteiger charge is -2.45. The molecule has 2 atom stereocenters. The van der Waals surface area contributed by atoms with Gasteiger partial charge in [0.15, 0.2) is 0 Å². The Bertz CT molecular complexity index is 342. The Morgan fingerprint density at radius 3 is 2.59 bits per heavy atom. The minimum Gasteiger partial charge on any atom is -0.329 e. The molecule has 1 saturated carbocycles. The molecule has 5 heteroatoms. The number of hydrogen-bond donors (Lipinski definition) is 1. The topological polar surface area (TPSA) is 63.4 Å². The SMILES string of the molecule is CCCS(=O)(=O)N(C)C1(CN)CCCC(C)C1. The molecule has 2 N–H and O–H groups in total. The Labute approximate surface area is 106 Å². The van der Waals surface area contributed by atoms with Crippen molar-refractivity contribution >= 4 is 10.0 Å². The summed E-state index contributed by atoms with van der Waals surface area (Å²) >= 11 is 0. The Balaban J connectivity index is 2.93. The van der Waals surface area contributed by atoms with Crippen molar-refractivity contribution in [3.05, 3.63) is 0 Å². The summed E-state index contributed by atoms with van der Waals surface area (Å²) in [5.41, 5.74) is 5.55. The van der Waals surface area contributed by atoms with Crippen molar-refractivity contribution < 1.29 is 8.42 Å². The molecule has 0 heterocycles. The van der Waals surface area contributed by atoms with Gasteiger partial charge in [0.25, 0.3) is 0 Å². The van der Waals surface area contributed by atoms with Gasteiger partial charge in [-0.2, -0.15) is 4.31 Å². The van der Waals surface area contributed by atoms with Crippen LogP contribution in [0.15, 0.2) is 0 Å². The van der Waals surface area contributed by atoms with Crippen molar-refractivity contribution in [1.82, 2.24) is 4.31 Å². The zero-order valence-corrected chi connectivity index (χ0v) is 12.1. The molecule has 1 rings (SSSR count). The minimum atomic E-state index is -3.15. The zero-order chi connectivity index (χ0) is 13.1. The highest BCUT2D eigenvalue weighted by molar-refractivity contribution is 7.89. The summed E-state index contributed by atoms with van der Waals surface area (Å²) in [7, 11) is -1.45. The minimum absolute atomic E-state index is 0.222. The van der Waals surface area contributed by atoms with Crippen molar-refractivity contribution in [1.29, 1.82) is 0 Å². The maximum Gasteiger partial charge on any atom is 0.214 e. The van der Waals surface area contributed by atoms with E-state index in [2.05, 4.69) is 6.92 Å². The lowest BCUT2D eigenvalue weighted by Crippen LogP contribution is -2.56. The van der Waals surface area contributed by atoms with Crippen LogP contribution in [-0.4, -0.2) is 37.6 Å². The molecule has 17 heavy (non-hydrogen) atoms. The molecule has 4 nitrogen and oxygen atoms in total. The molecule has 0 saturated heterocycles. The van der Waals surface area contributed by atoms with Crippen molar-refractivity contribution in [3.63, 3.8) is 0 Å². The smallest absolute Gasteiger partial charge is 0.214 e. The molecule has 0 aromatic carbocycles. The molecular formula is C12H26N2O2S. The normalized spacial score (nSPS) is 30.8. The summed E-state index contributed by atoms with van der Waals surface area (Å²) in [6.45, 7) is 4.50. The first kappa shape index (κ1) is 14.9. The van der Waals surface area contributed by atoms with Gasteiger partial charge in [-0.15, -0.1) is 0 Å². The van der Waals surface area contributed by atoms with Gasteiger partial charge in [0.05, 0.1) is 5.75 Å². The summed E-state index contributed by atoms with van der Waals surface area (Å²) in [6.07, 6.45) is 4.70. The summed E-state index contributed by atoms with van der Waals surface area (Å²) in [5.74, 6) is 0.784. The quantitative estimate of drug-likeness (QED) is 0.818. The molecule has 0 aromatic rings. The van der Waals surface area contributed by atoms with E-state index in [4.69, 9.17) is 5.73 Å². The van der Waals surface area contributed by atoms with Gasteiger partial charge >= 0.3 is 0 Å². The predicted molar refractivity (Wildman–Crippen MR) is 71.3 cm³/mol. The Morgan fingerprint density at radius 2 is 2.12 bits per heavy atom. The van der Waals surface area contributed by atoms with E-state index in [-0.39, 0.29) is 11.3 Å². The van der Waals surface area contributed by atoms with E-state index >= 15 is 0 Å². The molecule has 0 amide bonds. The van der Waals surface area contributed by atoms with E-state index in [1.807, 2.05) is 6.92 Å². The van der Waals surface area contributed by atoms with E-state index in [0.717, 1.165) is 19.3 Å². The molecule has 0 radical (unpaired) electrons. The number of sulfonamides is 1. The fourth-order valence-corrected chi connectivity index (χ4v) is 4.54. The van der Waals surface area contributed by atoms with Crippen molar-refractivity contribution in [2.75, 3.05) is 19.3 Å². The van der Waals surface area contributed by atoms with E-state index < -0.39 is 10.0 Å². The summed E-state index contributed by atoms with van der Waals surface area (Å²) in [5, 5.41) is 0. The van der Waals surface area contributed by atoms with Crippen LogP contribution in [0.3, 0.4) is 0 Å². The van der Waals surface area contributed by atoms with E-state index in [1.54, 1.807) is 11.4 Å². The number of nitrogens with zero attached hydrogens (tertiary/aromatic N) is 1. The van der Waals surface area contributed by atoms with E-state index in [0.29, 0.717) is 18.9 Å². The fourth-order valence-electron chi connectivity index (χ4n) is 2.92. The van der Waals surface area contributed by atoms with Gasteiger partial charge in [0.2, 0.25) is 10.0 Å². The standard InChI is InChI=1S/C12H26N2O2S/c1-4-8-17(15,16)14(3)12(10-13)7-5-6-11(2)9-12/h11H,4-10,13H2,1-3H3. The third-order valence-electron chi connectivity index (χ3n) is 3.99. The first-order valence-electron chi connectivity index (χ1n) is 6.55. The number of likely N-dealkylation sites (N-methyl/N-ethyl adjacent to an activating group) is 1. The maximum atomic E-state index is 12.2. The number of hydrogen-bond acceptors (Lipinski definition) is 3. The monoisotopic (exact) mass is 262 g/mol. The van der Waals surface area contributed by atoms with Crippen LogP contribution in [0.1, 0.15) is 46.0 Å². The van der Waals surface area contributed by atoms with Crippen LogP contribution in [0, 0.1) is 5.92 Å². The third-order valence-corrected chi connectivity index (χ3v) is 6.14. The fraction of sp³-hybridized carbons (Fsp3) is 1.00. The van der Waals surface area contributed by atoms with Crippen LogP contribution in [0.4, 0.5) is 0 Å². The molecule has 1 aliphatic carbocycles. The van der Waals surface area contributed by atoms with Crippen molar-refractivity contribution in [3.8, 4) is 0 Å². The third kappa shape index (κ3) is 3.20. The summed E-state index contributed by atoms with van der Waals surface area (Å²) < 4.78 is 25.9. The van der Waals surface area contributed by atoms with Crippen molar-refractivity contribution in [2.24, 2.45) is 11.7 Å². The second kappa shape index (κ2) is 5.67. The van der Waals surface area contributed by atoms with Gasteiger partial charge in [0.1, 0.15) is 0 Å². The molecule has 0 aliphatic heterocycles. The number of nitrogens with two attached hydrogens (primary N) is 1. The molecular weight excluding hydrogens is 236 g/mol. The highest BCUT2D eigenvalue weighted by Gasteiger charge is 2.42. The molecule has 0 aromatic heterocycles.